The highest BCUT2D eigenvalue weighted by atomic mass is 32.1. The second-order valence-corrected chi connectivity index (χ2v) is 7.61. The van der Waals surface area contributed by atoms with E-state index in [1.54, 1.807) is 10.3 Å². The highest BCUT2D eigenvalue weighted by Crippen LogP contribution is 2.26. The van der Waals surface area contributed by atoms with E-state index in [-0.39, 0.29) is 17.9 Å². The molecule has 0 saturated carbocycles. The van der Waals surface area contributed by atoms with E-state index in [1.165, 1.54) is 11.3 Å². The Labute approximate surface area is 163 Å². The van der Waals surface area contributed by atoms with E-state index >= 15 is 0 Å². The molecule has 0 spiro atoms. The molecule has 0 radical (unpaired) electrons. The van der Waals surface area contributed by atoms with Crippen LogP contribution in [0, 0.1) is 0 Å². The maximum absolute atomic E-state index is 12.7. The zero-order valence-electron chi connectivity index (χ0n) is 16.0. The van der Waals surface area contributed by atoms with Crippen LogP contribution in [0.4, 0.5) is 0 Å². The smallest absolute Gasteiger partial charge is 0.273 e. The number of carbonyl (C=O) groups excluding carboxylic acids is 2. The van der Waals surface area contributed by atoms with Gasteiger partial charge in [0.2, 0.25) is 5.91 Å². The summed E-state index contributed by atoms with van der Waals surface area (Å²) in [7, 11) is 0. The number of ether oxygens (including phenoxy) is 1. The van der Waals surface area contributed by atoms with Crippen molar-refractivity contribution in [1.82, 2.24) is 14.8 Å². The van der Waals surface area contributed by atoms with E-state index in [9.17, 15) is 9.59 Å². The van der Waals surface area contributed by atoms with Gasteiger partial charge in [-0.15, -0.1) is 11.3 Å². The normalized spacial score (nSPS) is 14.5. The van der Waals surface area contributed by atoms with Crippen LogP contribution in [0.25, 0.3) is 10.6 Å². The van der Waals surface area contributed by atoms with Crippen LogP contribution in [0.1, 0.15) is 37.7 Å². The number of benzene rings is 1. The third-order valence-corrected chi connectivity index (χ3v) is 5.31. The first kappa shape index (κ1) is 19.4. The van der Waals surface area contributed by atoms with Gasteiger partial charge in [0, 0.05) is 43.5 Å². The summed E-state index contributed by atoms with van der Waals surface area (Å²) in [5, 5.41) is 2.62. The molecule has 0 aliphatic carbocycles. The summed E-state index contributed by atoms with van der Waals surface area (Å²) in [5.41, 5.74) is 1.43. The Morgan fingerprint density at radius 2 is 1.74 bits per heavy atom. The molecule has 1 saturated heterocycles. The number of nitrogens with zero attached hydrogens (tertiary/aromatic N) is 3. The molecule has 1 aromatic heterocycles. The predicted octanol–water partition coefficient (Wildman–Crippen LogP) is 3.29. The fraction of sp³-hybridized carbons (Fsp3) is 0.450. The van der Waals surface area contributed by atoms with Gasteiger partial charge < -0.3 is 14.5 Å². The standard InChI is InChI=1S/C20H25N3O3S/c1-4-18(24)22-9-11-23(12-10-22)20(25)17-13-27-19(21-17)15-5-7-16(8-6-15)26-14(2)3/h5-8,13-14H,4,9-12H2,1-3H3. The Morgan fingerprint density at radius 3 is 2.33 bits per heavy atom. The van der Waals surface area contributed by atoms with E-state index in [4.69, 9.17) is 4.74 Å². The van der Waals surface area contributed by atoms with Gasteiger partial charge in [0.15, 0.2) is 0 Å². The van der Waals surface area contributed by atoms with Gasteiger partial charge >= 0.3 is 0 Å². The Balaban J connectivity index is 1.63. The van der Waals surface area contributed by atoms with Crippen LogP contribution in [0.2, 0.25) is 0 Å². The minimum atomic E-state index is -0.0686. The van der Waals surface area contributed by atoms with Crippen molar-refractivity contribution in [2.75, 3.05) is 26.2 Å². The highest BCUT2D eigenvalue weighted by Gasteiger charge is 2.25. The highest BCUT2D eigenvalue weighted by molar-refractivity contribution is 7.13. The maximum atomic E-state index is 12.7. The molecule has 3 rings (SSSR count). The molecule has 144 valence electrons. The third kappa shape index (κ3) is 4.66. The lowest BCUT2D eigenvalue weighted by atomic mass is 10.2. The van der Waals surface area contributed by atoms with Crippen molar-refractivity contribution in [3.8, 4) is 16.3 Å². The van der Waals surface area contributed by atoms with Gasteiger partial charge in [-0.1, -0.05) is 6.92 Å². The monoisotopic (exact) mass is 387 g/mol. The average molecular weight is 388 g/mol. The number of piperazine rings is 1. The van der Waals surface area contributed by atoms with E-state index in [0.717, 1.165) is 16.3 Å². The lowest BCUT2D eigenvalue weighted by Crippen LogP contribution is -2.50. The van der Waals surface area contributed by atoms with Crippen LogP contribution in [0.15, 0.2) is 29.6 Å². The summed E-state index contributed by atoms with van der Waals surface area (Å²) >= 11 is 1.46. The van der Waals surface area contributed by atoms with Crippen LogP contribution in [0.5, 0.6) is 5.75 Å². The molecule has 2 amide bonds. The number of hydrogen-bond donors (Lipinski definition) is 0. The first-order valence-electron chi connectivity index (χ1n) is 9.27. The van der Waals surface area contributed by atoms with Gasteiger partial charge in [0.05, 0.1) is 6.10 Å². The lowest BCUT2D eigenvalue weighted by Gasteiger charge is -2.34. The summed E-state index contributed by atoms with van der Waals surface area (Å²) in [6.07, 6.45) is 0.637. The van der Waals surface area contributed by atoms with E-state index in [0.29, 0.717) is 38.3 Å². The SMILES string of the molecule is CCC(=O)N1CCN(C(=O)c2csc(-c3ccc(OC(C)C)cc3)n2)CC1. The molecule has 27 heavy (non-hydrogen) atoms. The number of aromatic nitrogens is 1. The molecule has 1 aliphatic rings. The number of rotatable bonds is 5. The maximum Gasteiger partial charge on any atom is 0.273 e. The van der Waals surface area contributed by atoms with Crippen molar-refractivity contribution in [3.05, 3.63) is 35.3 Å². The second kappa shape index (κ2) is 8.52. The Morgan fingerprint density at radius 1 is 1.11 bits per heavy atom. The van der Waals surface area contributed by atoms with Gasteiger partial charge in [0.1, 0.15) is 16.5 Å². The van der Waals surface area contributed by atoms with Gasteiger partial charge in [-0.3, -0.25) is 9.59 Å². The molecule has 1 aliphatic heterocycles. The summed E-state index contributed by atoms with van der Waals surface area (Å²) in [6, 6.07) is 7.75. The van der Waals surface area contributed by atoms with Gasteiger partial charge in [-0.2, -0.15) is 0 Å². The van der Waals surface area contributed by atoms with E-state index < -0.39 is 0 Å². The topological polar surface area (TPSA) is 62.7 Å². The third-order valence-electron chi connectivity index (χ3n) is 4.42. The number of carbonyl (C=O) groups is 2. The average Bonchev–Trinajstić information content (AvgIpc) is 3.17. The van der Waals surface area contributed by atoms with Crippen LogP contribution in [0.3, 0.4) is 0 Å². The molecule has 6 nitrogen and oxygen atoms in total. The van der Waals surface area contributed by atoms with Crippen LogP contribution in [-0.4, -0.2) is 58.9 Å². The van der Waals surface area contributed by atoms with Crippen LogP contribution in [-0.2, 0) is 4.79 Å². The summed E-state index contributed by atoms with van der Waals surface area (Å²) in [5.74, 6) is 0.893. The largest absolute Gasteiger partial charge is 0.491 e. The molecule has 1 aromatic carbocycles. The molecule has 0 bridgehead atoms. The number of amides is 2. The first-order chi connectivity index (χ1) is 13.0. The minimum absolute atomic E-state index is 0.0686. The second-order valence-electron chi connectivity index (χ2n) is 6.76. The zero-order chi connectivity index (χ0) is 19.4. The van der Waals surface area contributed by atoms with Crippen molar-refractivity contribution in [2.45, 2.75) is 33.3 Å². The van der Waals surface area contributed by atoms with Crippen molar-refractivity contribution in [3.63, 3.8) is 0 Å². The van der Waals surface area contributed by atoms with E-state index in [1.807, 2.05) is 49.9 Å². The fourth-order valence-corrected chi connectivity index (χ4v) is 3.80. The Bertz CT molecular complexity index is 793. The molecule has 0 unspecified atom stereocenters. The van der Waals surface area contributed by atoms with Crippen molar-refractivity contribution < 1.29 is 14.3 Å². The van der Waals surface area contributed by atoms with Gasteiger partial charge in [-0.25, -0.2) is 4.98 Å². The molecule has 2 aromatic rings. The van der Waals surface area contributed by atoms with Crippen molar-refractivity contribution >= 4 is 23.2 Å². The Hall–Kier alpha value is -2.41. The molecular weight excluding hydrogens is 362 g/mol. The molecule has 1 fully saturated rings. The van der Waals surface area contributed by atoms with Crippen molar-refractivity contribution in [2.24, 2.45) is 0 Å². The summed E-state index contributed by atoms with van der Waals surface area (Å²) < 4.78 is 5.66. The fourth-order valence-electron chi connectivity index (χ4n) is 3.00. The van der Waals surface area contributed by atoms with Gasteiger partial charge in [-0.05, 0) is 38.1 Å². The molecule has 7 heteroatoms. The molecular formula is C20H25N3O3S. The molecule has 2 heterocycles. The van der Waals surface area contributed by atoms with Crippen LogP contribution >= 0.6 is 11.3 Å². The van der Waals surface area contributed by atoms with Gasteiger partial charge in [0.25, 0.3) is 5.91 Å². The zero-order valence-corrected chi connectivity index (χ0v) is 16.8. The number of hydrogen-bond acceptors (Lipinski definition) is 5. The van der Waals surface area contributed by atoms with Crippen molar-refractivity contribution in [1.29, 1.82) is 0 Å². The summed E-state index contributed by atoms with van der Waals surface area (Å²) in [6.45, 7) is 8.13. The Kier molecular flexibility index (Phi) is 6.11. The summed E-state index contributed by atoms with van der Waals surface area (Å²) in [4.78, 5) is 32.6. The minimum Gasteiger partial charge on any atom is -0.491 e. The van der Waals surface area contributed by atoms with Crippen LogP contribution < -0.4 is 4.74 Å². The lowest BCUT2D eigenvalue weighted by molar-refractivity contribution is -0.132. The molecule has 0 N–H and O–H groups in total. The number of thiazole rings is 1. The molecule has 0 atom stereocenters. The predicted molar refractivity (Wildman–Crippen MR) is 106 cm³/mol. The van der Waals surface area contributed by atoms with E-state index in [2.05, 4.69) is 4.98 Å². The first-order valence-corrected chi connectivity index (χ1v) is 10.2. The quantitative estimate of drug-likeness (QED) is 0.790.